The molecule has 0 aliphatic heterocycles. The molecule has 0 saturated heterocycles. The summed E-state index contributed by atoms with van der Waals surface area (Å²) in [7, 11) is 0. The largest absolute Gasteiger partial charge is 0.352 e. The van der Waals surface area contributed by atoms with Crippen molar-refractivity contribution in [2.24, 2.45) is 0 Å². The van der Waals surface area contributed by atoms with Crippen LogP contribution in [0.5, 0.6) is 0 Å². The average molecular weight is 349 g/mol. The maximum absolute atomic E-state index is 11.9. The molecule has 0 spiro atoms. The van der Waals surface area contributed by atoms with E-state index in [2.05, 4.69) is 21.2 Å². The van der Waals surface area contributed by atoms with Gasteiger partial charge in [-0.1, -0.05) is 34.1 Å². The lowest BCUT2D eigenvalue weighted by Crippen LogP contribution is -2.25. The second kappa shape index (κ2) is 6.99. The molecule has 2 rings (SSSR count). The molecule has 2 aromatic carbocycles. The van der Waals surface area contributed by atoms with Gasteiger partial charge in [-0.25, -0.2) is 0 Å². The van der Waals surface area contributed by atoms with Gasteiger partial charge in [0, 0.05) is 28.7 Å². The minimum absolute atomic E-state index is 0.0666. The first kappa shape index (κ1) is 15.2. The second-order valence-electron chi connectivity index (χ2n) is 4.44. The van der Waals surface area contributed by atoms with Crippen LogP contribution in [-0.4, -0.2) is 17.4 Å². The second-order valence-corrected chi connectivity index (χ2v) is 5.36. The van der Waals surface area contributed by atoms with Crippen LogP contribution in [0.1, 0.15) is 15.9 Å². The summed E-state index contributed by atoms with van der Waals surface area (Å²) in [6, 6.07) is 13.5. The highest BCUT2D eigenvalue weighted by Gasteiger charge is 2.06. The van der Waals surface area contributed by atoms with Crippen LogP contribution in [0.25, 0.3) is 0 Å². The first-order valence-corrected chi connectivity index (χ1v) is 7.12. The van der Waals surface area contributed by atoms with Gasteiger partial charge in [-0.2, -0.15) is 0 Å². The third kappa shape index (κ3) is 4.39. The third-order valence-electron chi connectivity index (χ3n) is 2.93. The fourth-order valence-corrected chi connectivity index (χ4v) is 2.24. The zero-order valence-corrected chi connectivity index (χ0v) is 12.7. The van der Waals surface area contributed by atoms with Gasteiger partial charge in [0.15, 0.2) is 0 Å². The molecular weight excluding hydrogens is 336 g/mol. The van der Waals surface area contributed by atoms with Crippen molar-refractivity contribution < 1.29 is 9.72 Å². The summed E-state index contributed by atoms with van der Waals surface area (Å²) < 4.78 is 0.852. The van der Waals surface area contributed by atoms with Gasteiger partial charge in [-0.15, -0.1) is 0 Å². The lowest BCUT2D eigenvalue weighted by Gasteiger charge is -2.05. The monoisotopic (exact) mass is 348 g/mol. The molecule has 21 heavy (non-hydrogen) atoms. The Morgan fingerprint density at radius 2 is 1.90 bits per heavy atom. The summed E-state index contributed by atoms with van der Waals surface area (Å²) in [5.74, 6) is -0.141. The number of rotatable bonds is 5. The van der Waals surface area contributed by atoms with Crippen LogP contribution < -0.4 is 5.32 Å². The van der Waals surface area contributed by atoms with E-state index >= 15 is 0 Å². The zero-order chi connectivity index (χ0) is 15.2. The van der Waals surface area contributed by atoms with Crippen LogP contribution >= 0.6 is 15.9 Å². The van der Waals surface area contributed by atoms with Gasteiger partial charge in [0.1, 0.15) is 0 Å². The predicted molar refractivity (Wildman–Crippen MR) is 83.3 cm³/mol. The van der Waals surface area contributed by atoms with Gasteiger partial charge in [-0.3, -0.25) is 14.9 Å². The van der Waals surface area contributed by atoms with Crippen LogP contribution in [-0.2, 0) is 6.42 Å². The van der Waals surface area contributed by atoms with Gasteiger partial charge in [0.25, 0.3) is 11.6 Å². The average Bonchev–Trinajstić information content (AvgIpc) is 2.47. The smallest absolute Gasteiger partial charge is 0.269 e. The van der Waals surface area contributed by atoms with Crippen molar-refractivity contribution in [3.8, 4) is 0 Å². The Morgan fingerprint density at radius 3 is 2.52 bits per heavy atom. The minimum Gasteiger partial charge on any atom is -0.352 e. The van der Waals surface area contributed by atoms with E-state index < -0.39 is 4.92 Å². The summed E-state index contributed by atoms with van der Waals surface area (Å²) in [6.07, 6.45) is 0.623. The number of carbonyl (C=O) groups excluding carboxylic acids is 1. The summed E-state index contributed by atoms with van der Waals surface area (Å²) in [5, 5.41) is 13.4. The number of nitrogens with zero attached hydrogens (tertiary/aromatic N) is 1. The Bertz CT molecular complexity index is 656. The van der Waals surface area contributed by atoms with Crippen molar-refractivity contribution in [1.29, 1.82) is 0 Å². The fraction of sp³-hybridized carbons (Fsp3) is 0.133. The van der Waals surface area contributed by atoms with E-state index in [-0.39, 0.29) is 11.6 Å². The van der Waals surface area contributed by atoms with E-state index in [4.69, 9.17) is 0 Å². The first-order valence-electron chi connectivity index (χ1n) is 6.33. The van der Waals surface area contributed by atoms with E-state index in [1.54, 1.807) is 30.3 Å². The molecule has 1 N–H and O–H groups in total. The molecule has 6 heteroatoms. The molecule has 1 amide bonds. The van der Waals surface area contributed by atoms with Crippen molar-refractivity contribution in [1.82, 2.24) is 5.32 Å². The topological polar surface area (TPSA) is 72.2 Å². The minimum atomic E-state index is -0.432. The number of nitrogens with one attached hydrogen (secondary N) is 1. The van der Waals surface area contributed by atoms with Gasteiger partial charge < -0.3 is 5.32 Å². The van der Waals surface area contributed by atoms with E-state index in [1.807, 2.05) is 6.07 Å². The number of hydrogen-bond donors (Lipinski definition) is 1. The molecule has 0 atom stereocenters. The quantitative estimate of drug-likeness (QED) is 0.665. The Hall–Kier alpha value is -2.21. The van der Waals surface area contributed by atoms with Gasteiger partial charge in [-0.05, 0) is 30.2 Å². The Morgan fingerprint density at radius 1 is 1.19 bits per heavy atom. The summed E-state index contributed by atoms with van der Waals surface area (Å²) in [4.78, 5) is 22.0. The number of amides is 1. The van der Waals surface area contributed by atoms with Crippen LogP contribution in [0.2, 0.25) is 0 Å². The molecule has 0 aliphatic rings. The molecule has 0 unspecified atom stereocenters. The number of non-ortho nitro benzene ring substituents is 1. The molecule has 0 aromatic heterocycles. The Balaban J connectivity index is 1.86. The maximum atomic E-state index is 11.9. The van der Waals surface area contributed by atoms with Crippen molar-refractivity contribution >= 4 is 27.5 Å². The molecule has 108 valence electrons. The summed E-state index contributed by atoms with van der Waals surface area (Å²) in [6.45, 7) is 0.475. The van der Waals surface area contributed by atoms with Crippen LogP contribution in [0.15, 0.2) is 53.0 Å². The molecular formula is C15H13BrN2O3. The number of benzene rings is 2. The maximum Gasteiger partial charge on any atom is 0.269 e. The summed E-state index contributed by atoms with van der Waals surface area (Å²) >= 11 is 3.32. The predicted octanol–water partition coefficient (Wildman–Crippen LogP) is 3.33. The number of hydrogen-bond acceptors (Lipinski definition) is 3. The number of nitro benzene ring substituents is 1. The Kier molecular flexibility index (Phi) is 5.05. The van der Waals surface area contributed by atoms with Gasteiger partial charge in [0.05, 0.1) is 4.92 Å². The van der Waals surface area contributed by atoms with Gasteiger partial charge in [0.2, 0.25) is 0 Å². The van der Waals surface area contributed by atoms with Crippen molar-refractivity contribution in [2.75, 3.05) is 6.54 Å². The standard InChI is InChI=1S/C15H13BrN2O3/c16-13-3-1-2-12(10-13)15(19)17-9-8-11-4-6-14(7-5-11)18(20)21/h1-7,10H,8-9H2,(H,17,19). The highest BCUT2D eigenvalue weighted by Crippen LogP contribution is 2.13. The molecule has 0 bridgehead atoms. The van der Waals surface area contributed by atoms with Crippen LogP contribution in [0.3, 0.4) is 0 Å². The fourth-order valence-electron chi connectivity index (χ4n) is 1.84. The third-order valence-corrected chi connectivity index (χ3v) is 3.43. The van der Waals surface area contributed by atoms with E-state index in [0.29, 0.717) is 18.5 Å². The number of carbonyl (C=O) groups is 1. The van der Waals surface area contributed by atoms with E-state index in [0.717, 1.165) is 10.0 Å². The van der Waals surface area contributed by atoms with E-state index in [9.17, 15) is 14.9 Å². The molecule has 5 nitrogen and oxygen atoms in total. The van der Waals surface area contributed by atoms with Crippen LogP contribution in [0, 0.1) is 10.1 Å². The number of halogens is 1. The lowest BCUT2D eigenvalue weighted by molar-refractivity contribution is -0.384. The molecule has 0 saturated carbocycles. The normalized spacial score (nSPS) is 10.1. The summed E-state index contributed by atoms with van der Waals surface area (Å²) in [5.41, 5.74) is 1.60. The Labute approximate surface area is 130 Å². The molecule has 0 fully saturated rings. The molecule has 0 aliphatic carbocycles. The number of nitro groups is 1. The lowest BCUT2D eigenvalue weighted by atomic mass is 10.1. The van der Waals surface area contributed by atoms with Crippen molar-refractivity contribution in [2.45, 2.75) is 6.42 Å². The SMILES string of the molecule is O=C(NCCc1ccc([N+](=O)[O-])cc1)c1cccc(Br)c1. The van der Waals surface area contributed by atoms with Crippen molar-refractivity contribution in [3.63, 3.8) is 0 Å². The van der Waals surface area contributed by atoms with E-state index in [1.165, 1.54) is 12.1 Å². The van der Waals surface area contributed by atoms with Gasteiger partial charge >= 0.3 is 0 Å². The first-order chi connectivity index (χ1) is 10.1. The molecule has 0 radical (unpaired) electrons. The highest BCUT2D eigenvalue weighted by molar-refractivity contribution is 9.10. The van der Waals surface area contributed by atoms with Crippen molar-refractivity contribution in [3.05, 3.63) is 74.2 Å². The van der Waals surface area contributed by atoms with Crippen LogP contribution in [0.4, 0.5) is 5.69 Å². The highest BCUT2D eigenvalue weighted by atomic mass is 79.9. The zero-order valence-electron chi connectivity index (χ0n) is 11.1. The molecule has 2 aromatic rings. The molecule has 0 heterocycles.